The van der Waals surface area contributed by atoms with Crippen LogP contribution in [0.2, 0.25) is 0 Å². The molecule has 1 fully saturated rings. The summed E-state index contributed by atoms with van der Waals surface area (Å²) in [6.07, 6.45) is 0.917. The van der Waals surface area contributed by atoms with Crippen molar-refractivity contribution in [1.29, 1.82) is 0 Å². The van der Waals surface area contributed by atoms with Crippen molar-refractivity contribution in [3.8, 4) is 0 Å². The summed E-state index contributed by atoms with van der Waals surface area (Å²) < 4.78 is 6.30. The number of β-amino-alcohol motifs (C(OH)–C–C–N with tert-alkyl or cyclic N) is 1. The highest BCUT2D eigenvalue weighted by atomic mass is 79.9. The molecule has 0 radical (unpaired) electrons. The van der Waals surface area contributed by atoms with Crippen LogP contribution in [0.1, 0.15) is 29.7 Å². The highest BCUT2D eigenvalue weighted by Crippen LogP contribution is 2.23. The minimum absolute atomic E-state index is 0.0320. The van der Waals surface area contributed by atoms with E-state index in [2.05, 4.69) is 31.4 Å². The normalized spacial score (nSPS) is 22.8. The van der Waals surface area contributed by atoms with E-state index in [0.29, 0.717) is 31.1 Å². The van der Waals surface area contributed by atoms with Crippen LogP contribution in [0.4, 0.5) is 0 Å². The van der Waals surface area contributed by atoms with Crippen LogP contribution in [0.15, 0.2) is 33.3 Å². The summed E-state index contributed by atoms with van der Waals surface area (Å²) in [5.74, 6) is 1.21. The number of hydrogen-bond donors (Lipinski definition) is 2. The van der Waals surface area contributed by atoms with Crippen LogP contribution < -0.4 is 5.32 Å². The Morgan fingerprint density at radius 2 is 2.26 bits per heavy atom. The van der Waals surface area contributed by atoms with Crippen LogP contribution in [0.3, 0.4) is 0 Å². The van der Waals surface area contributed by atoms with Gasteiger partial charge in [-0.3, -0.25) is 0 Å². The number of aromatic nitrogens is 2. The average Bonchev–Trinajstić information content (AvgIpc) is 3.01. The lowest BCUT2D eigenvalue weighted by Crippen LogP contribution is -2.15. The molecule has 2 atom stereocenters. The molecule has 2 heterocycles. The highest BCUT2D eigenvalue weighted by Gasteiger charge is 2.28. The van der Waals surface area contributed by atoms with Crippen molar-refractivity contribution < 1.29 is 9.63 Å². The third-order valence-electron chi connectivity index (χ3n) is 3.20. The van der Waals surface area contributed by atoms with E-state index in [0.717, 1.165) is 10.0 Å². The van der Waals surface area contributed by atoms with Gasteiger partial charge in [-0.05, 0) is 18.1 Å². The SMILES string of the molecule is OC1CN[C@H](c2nc(Cc3ccccc3Br)no2)C1. The number of nitrogens with zero attached hydrogens (tertiary/aromatic N) is 2. The first-order valence-corrected chi connectivity index (χ1v) is 6.99. The third kappa shape index (κ3) is 2.86. The summed E-state index contributed by atoms with van der Waals surface area (Å²) in [6.45, 7) is 0.576. The molecule has 6 heteroatoms. The predicted molar refractivity (Wildman–Crippen MR) is 72.6 cm³/mol. The van der Waals surface area contributed by atoms with Gasteiger partial charge in [0, 0.05) is 17.4 Å². The second-order valence-electron chi connectivity index (χ2n) is 4.67. The largest absolute Gasteiger partial charge is 0.392 e. The zero-order chi connectivity index (χ0) is 13.2. The van der Waals surface area contributed by atoms with E-state index in [9.17, 15) is 5.11 Å². The zero-order valence-electron chi connectivity index (χ0n) is 10.2. The summed E-state index contributed by atoms with van der Waals surface area (Å²) in [5.41, 5.74) is 1.12. The molecule has 0 amide bonds. The topological polar surface area (TPSA) is 71.2 Å². The summed E-state index contributed by atoms with van der Waals surface area (Å²) >= 11 is 3.50. The Bertz CT molecular complexity index is 573. The Balaban J connectivity index is 1.73. The minimum Gasteiger partial charge on any atom is -0.392 e. The first-order chi connectivity index (χ1) is 9.22. The molecular formula is C13H14BrN3O2. The van der Waals surface area contributed by atoms with Crippen molar-refractivity contribution >= 4 is 15.9 Å². The minimum atomic E-state index is -0.330. The van der Waals surface area contributed by atoms with E-state index >= 15 is 0 Å². The van der Waals surface area contributed by atoms with Gasteiger partial charge >= 0.3 is 0 Å². The maximum absolute atomic E-state index is 9.48. The number of benzene rings is 1. The standard InChI is InChI=1S/C13H14BrN3O2/c14-10-4-2-1-3-8(10)5-12-16-13(19-17-12)11-6-9(18)7-15-11/h1-4,9,11,15,18H,5-7H2/t9?,11-/m0/s1. The Morgan fingerprint density at radius 1 is 1.42 bits per heavy atom. The van der Waals surface area contributed by atoms with Gasteiger partial charge < -0.3 is 14.9 Å². The first-order valence-electron chi connectivity index (χ1n) is 6.19. The number of rotatable bonds is 3. The van der Waals surface area contributed by atoms with Crippen LogP contribution in [0, 0.1) is 0 Å². The Hall–Kier alpha value is -1.24. The van der Waals surface area contributed by atoms with E-state index in [4.69, 9.17) is 4.52 Å². The van der Waals surface area contributed by atoms with Crippen LogP contribution in [-0.2, 0) is 6.42 Å². The lowest BCUT2D eigenvalue weighted by molar-refractivity contribution is 0.191. The lowest BCUT2D eigenvalue weighted by Gasteiger charge is -2.02. The number of aliphatic hydroxyl groups excluding tert-OH is 1. The van der Waals surface area contributed by atoms with E-state index in [1.165, 1.54) is 0 Å². The Morgan fingerprint density at radius 3 is 3.00 bits per heavy atom. The maximum atomic E-state index is 9.48. The molecule has 1 saturated heterocycles. The smallest absolute Gasteiger partial charge is 0.243 e. The molecule has 2 aromatic rings. The molecule has 1 aromatic heterocycles. The summed E-state index contributed by atoms with van der Waals surface area (Å²) in [5, 5.41) is 16.6. The van der Waals surface area contributed by atoms with Gasteiger partial charge in [-0.25, -0.2) is 0 Å². The molecule has 19 heavy (non-hydrogen) atoms. The van der Waals surface area contributed by atoms with Crippen molar-refractivity contribution in [2.75, 3.05) is 6.54 Å². The molecule has 1 unspecified atom stereocenters. The summed E-state index contributed by atoms with van der Waals surface area (Å²) in [6, 6.07) is 7.94. The van der Waals surface area contributed by atoms with E-state index in [1.54, 1.807) is 0 Å². The van der Waals surface area contributed by atoms with Gasteiger partial charge in [-0.2, -0.15) is 4.98 Å². The fourth-order valence-corrected chi connectivity index (χ4v) is 2.62. The molecule has 0 spiro atoms. The third-order valence-corrected chi connectivity index (χ3v) is 3.97. The molecule has 0 aliphatic carbocycles. The fourth-order valence-electron chi connectivity index (χ4n) is 2.20. The molecule has 5 nitrogen and oxygen atoms in total. The molecule has 0 bridgehead atoms. The van der Waals surface area contributed by atoms with Crippen molar-refractivity contribution in [2.24, 2.45) is 0 Å². The highest BCUT2D eigenvalue weighted by molar-refractivity contribution is 9.10. The van der Waals surface area contributed by atoms with E-state index in [1.807, 2.05) is 24.3 Å². The molecule has 3 rings (SSSR count). The van der Waals surface area contributed by atoms with E-state index in [-0.39, 0.29) is 12.1 Å². The van der Waals surface area contributed by atoms with Gasteiger partial charge in [0.15, 0.2) is 5.82 Å². The quantitative estimate of drug-likeness (QED) is 0.901. The second kappa shape index (κ2) is 5.40. The summed E-state index contributed by atoms with van der Waals surface area (Å²) in [4.78, 5) is 4.39. The zero-order valence-corrected chi connectivity index (χ0v) is 11.8. The molecule has 1 aliphatic heterocycles. The molecule has 1 aromatic carbocycles. The molecule has 2 N–H and O–H groups in total. The molecular weight excluding hydrogens is 310 g/mol. The van der Waals surface area contributed by atoms with Crippen LogP contribution in [-0.4, -0.2) is 27.9 Å². The molecule has 1 aliphatic rings. The monoisotopic (exact) mass is 323 g/mol. The number of halogens is 1. The van der Waals surface area contributed by atoms with Crippen molar-refractivity contribution in [1.82, 2.24) is 15.5 Å². The Labute approximate surface area is 119 Å². The van der Waals surface area contributed by atoms with Gasteiger partial charge in [0.25, 0.3) is 0 Å². The van der Waals surface area contributed by atoms with Crippen molar-refractivity contribution in [3.05, 3.63) is 46.0 Å². The fraction of sp³-hybridized carbons (Fsp3) is 0.385. The first kappa shape index (κ1) is 12.8. The number of hydrogen-bond acceptors (Lipinski definition) is 5. The maximum Gasteiger partial charge on any atom is 0.243 e. The van der Waals surface area contributed by atoms with E-state index < -0.39 is 0 Å². The lowest BCUT2D eigenvalue weighted by atomic mass is 10.1. The van der Waals surface area contributed by atoms with Gasteiger partial charge in [-0.1, -0.05) is 39.3 Å². The van der Waals surface area contributed by atoms with Crippen molar-refractivity contribution in [2.45, 2.75) is 25.0 Å². The van der Waals surface area contributed by atoms with Crippen molar-refractivity contribution in [3.63, 3.8) is 0 Å². The molecule has 100 valence electrons. The second-order valence-corrected chi connectivity index (χ2v) is 5.52. The van der Waals surface area contributed by atoms with Gasteiger partial charge in [0.05, 0.1) is 12.1 Å². The summed E-state index contributed by atoms with van der Waals surface area (Å²) in [7, 11) is 0. The Kier molecular flexibility index (Phi) is 3.63. The number of nitrogens with one attached hydrogen (secondary N) is 1. The van der Waals surface area contributed by atoms with Crippen LogP contribution in [0.25, 0.3) is 0 Å². The van der Waals surface area contributed by atoms with Gasteiger partial charge in [0.2, 0.25) is 5.89 Å². The predicted octanol–water partition coefficient (Wildman–Crippen LogP) is 1.82. The number of aliphatic hydroxyl groups is 1. The van der Waals surface area contributed by atoms with Crippen LogP contribution in [0.5, 0.6) is 0 Å². The average molecular weight is 324 g/mol. The van der Waals surface area contributed by atoms with Gasteiger partial charge in [0.1, 0.15) is 0 Å². The molecule has 0 saturated carbocycles. The van der Waals surface area contributed by atoms with Crippen LogP contribution >= 0.6 is 15.9 Å². The van der Waals surface area contributed by atoms with Gasteiger partial charge in [-0.15, -0.1) is 0 Å².